The Hall–Kier alpha value is -2.63. The summed E-state index contributed by atoms with van der Waals surface area (Å²) in [7, 11) is -3.52. The fraction of sp³-hybridized carbons (Fsp3) is 0.0526. The molecule has 0 saturated heterocycles. The molecule has 3 aromatic rings. The van der Waals surface area contributed by atoms with Crippen LogP contribution < -0.4 is 4.72 Å². The Bertz CT molecular complexity index is 920. The van der Waals surface area contributed by atoms with Crippen LogP contribution in [0.25, 0.3) is 11.1 Å². The van der Waals surface area contributed by atoms with Crippen LogP contribution in [0.5, 0.6) is 5.75 Å². The van der Waals surface area contributed by atoms with Gasteiger partial charge in [0.2, 0.25) is 10.0 Å². The monoisotopic (exact) mass is 338 g/mol. The van der Waals surface area contributed by atoms with Crippen molar-refractivity contribution < 1.29 is 13.5 Å². The molecule has 0 fully saturated rings. The standard InChI is InChI=1S/C19H16NO3S/c21-19-9-5-4-8-18(19)16-12-10-15(11-13-16)14-20-24(22,23)17-6-2-1-3-7-17/h1-7,9-13,20-21H,14H2. The van der Waals surface area contributed by atoms with Gasteiger partial charge in [-0.15, -0.1) is 0 Å². The maximum Gasteiger partial charge on any atom is 0.240 e. The van der Waals surface area contributed by atoms with Crippen molar-refractivity contribution >= 4 is 10.0 Å². The molecule has 2 N–H and O–H groups in total. The van der Waals surface area contributed by atoms with Gasteiger partial charge in [-0.3, -0.25) is 0 Å². The Morgan fingerprint density at radius 1 is 0.917 bits per heavy atom. The van der Waals surface area contributed by atoms with Gasteiger partial charge in [-0.05, 0) is 35.4 Å². The molecule has 0 saturated carbocycles. The van der Waals surface area contributed by atoms with E-state index in [1.54, 1.807) is 48.5 Å². The minimum absolute atomic E-state index is 0.162. The molecule has 0 unspecified atom stereocenters. The zero-order valence-corrected chi connectivity index (χ0v) is 13.6. The summed E-state index contributed by atoms with van der Waals surface area (Å²) in [6.45, 7) is 0.196. The average molecular weight is 338 g/mol. The van der Waals surface area contributed by atoms with Gasteiger partial charge in [0, 0.05) is 12.1 Å². The Kier molecular flexibility index (Phi) is 4.64. The van der Waals surface area contributed by atoms with Crippen molar-refractivity contribution in [3.63, 3.8) is 0 Å². The molecule has 0 aliphatic heterocycles. The number of phenolic OH excluding ortho intramolecular Hbond substituents is 1. The van der Waals surface area contributed by atoms with E-state index >= 15 is 0 Å². The average Bonchev–Trinajstić information content (AvgIpc) is 2.62. The van der Waals surface area contributed by atoms with Gasteiger partial charge in [-0.25, -0.2) is 13.1 Å². The Morgan fingerprint density at radius 3 is 2.29 bits per heavy atom. The summed E-state index contributed by atoms with van der Waals surface area (Å²) in [5, 5.41) is 9.85. The zero-order valence-electron chi connectivity index (χ0n) is 12.8. The molecular weight excluding hydrogens is 322 g/mol. The SMILES string of the molecule is O=S(=O)(NCc1ccc(-c2[c]cccc2O)cc1)c1ccccc1. The number of phenols is 1. The predicted octanol–water partition coefficient (Wildman–Crippen LogP) is 3.34. The molecule has 4 nitrogen and oxygen atoms in total. The van der Waals surface area contributed by atoms with E-state index < -0.39 is 10.0 Å². The van der Waals surface area contributed by atoms with Crippen LogP contribution in [0.1, 0.15) is 5.56 Å². The number of sulfonamides is 1. The number of hydrogen-bond acceptors (Lipinski definition) is 3. The van der Waals surface area contributed by atoms with Gasteiger partial charge in [0.1, 0.15) is 5.75 Å². The van der Waals surface area contributed by atoms with Crippen LogP contribution in [0.3, 0.4) is 0 Å². The molecule has 0 heterocycles. The van der Waals surface area contributed by atoms with Crippen molar-refractivity contribution in [1.29, 1.82) is 0 Å². The van der Waals surface area contributed by atoms with E-state index in [1.165, 1.54) is 0 Å². The highest BCUT2D eigenvalue weighted by molar-refractivity contribution is 7.89. The molecule has 3 aromatic carbocycles. The third-order valence-corrected chi connectivity index (χ3v) is 5.01. The molecule has 0 aromatic heterocycles. The molecular formula is C19H16NO3S. The summed E-state index contributed by atoms with van der Waals surface area (Å²) in [5.41, 5.74) is 2.27. The second-order valence-corrected chi connectivity index (χ2v) is 7.03. The normalized spacial score (nSPS) is 11.3. The van der Waals surface area contributed by atoms with Gasteiger partial charge >= 0.3 is 0 Å². The summed E-state index contributed by atoms with van der Waals surface area (Å²) in [5.74, 6) is 0.162. The highest BCUT2D eigenvalue weighted by atomic mass is 32.2. The minimum Gasteiger partial charge on any atom is -0.507 e. The number of rotatable bonds is 5. The van der Waals surface area contributed by atoms with Crippen molar-refractivity contribution in [1.82, 2.24) is 4.72 Å². The zero-order chi connectivity index (χ0) is 17.0. The van der Waals surface area contributed by atoms with Gasteiger partial charge in [0.15, 0.2) is 0 Å². The number of nitrogens with one attached hydrogen (secondary N) is 1. The summed E-state index contributed by atoms with van der Waals surface area (Å²) < 4.78 is 27.0. The molecule has 0 bridgehead atoms. The van der Waals surface area contributed by atoms with Crippen LogP contribution in [-0.2, 0) is 16.6 Å². The largest absolute Gasteiger partial charge is 0.507 e. The lowest BCUT2D eigenvalue weighted by Crippen LogP contribution is -2.23. The van der Waals surface area contributed by atoms with Crippen LogP contribution in [-0.4, -0.2) is 13.5 Å². The molecule has 0 atom stereocenters. The van der Waals surface area contributed by atoms with Gasteiger partial charge in [-0.1, -0.05) is 54.6 Å². The van der Waals surface area contributed by atoms with Gasteiger partial charge in [0.05, 0.1) is 4.90 Å². The Labute approximate surface area is 141 Å². The fourth-order valence-electron chi connectivity index (χ4n) is 2.31. The molecule has 0 amide bonds. The van der Waals surface area contributed by atoms with Crippen LogP contribution >= 0.6 is 0 Å². The van der Waals surface area contributed by atoms with Crippen LogP contribution in [0, 0.1) is 6.07 Å². The summed E-state index contributed by atoms with van der Waals surface area (Å²) in [4.78, 5) is 0.241. The van der Waals surface area contributed by atoms with E-state index in [9.17, 15) is 13.5 Å². The van der Waals surface area contributed by atoms with Crippen molar-refractivity contribution in [2.45, 2.75) is 11.4 Å². The summed E-state index contributed by atoms with van der Waals surface area (Å²) >= 11 is 0. The van der Waals surface area contributed by atoms with E-state index in [4.69, 9.17) is 0 Å². The smallest absolute Gasteiger partial charge is 0.240 e. The van der Waals surface area contributed by atoms with E-state index in [-0.39, 0.29) is 17.2 Å². The van der Waals surface area contributed by atoms with Crippen molar-refractivity contribution in [3.05, 3.63) is 84.4 Å². The first-order valence-electron chi connectivity index (χ1n) is 7.40. The maximum atomic E-state index is 12.2. The summed E-state index contributed by atoms with van der Waals surface area (Å²) in [6, 6.07) is 23.6. The third kappa shape index (κ3) is 3.64. The van der Waals surface area contributed by atoms with Crippen LogP contribution in [0.2, 0.25) is 0 Å². The maximum absolute atomic E-state index is 12.2. The molecule has 0 aliphatic carbocycles. The molecule has 0 aliphatic rings. The number of hydrogen-bond donors (Lipinski definition) is 2. The van der Waals surface area contributed by atoms with E-state index in [2.05, 4.69) is 10.8 Å². The Morgan fingerprint density at radius 2 is 1.62 bits per heavy atom. The van der Waals surface area contributed by atoms with Gasteiger partial charge < -0.3 is 5.11 Å². The van der Waals surface area contributed by atoms with Crippen molar-refractivity contribution in [2.24, 2.45) is 0 Å². The van der Waals surface area contributed by atoms with E-state index in [1.807, 2.05) is 24.3 Å². The molecule has 121 valence electrons. The topological polar surface area (TPSA) is 66.4 Å². The fourth-order valence-corrected chi connectivity index (χ4v) is 3.35. The van der Waals surface area contributed by atoms with E-state index in [0.29, 0.717) is 5.56 Å². The van der Waals surface area contributed by atoms with E-state index in [0.717, 1.165) is 11.1 Å². The highest BCUT2D eigenvalue weighted by Crippen LogP contribution is 2.28. The molecule has 5 heteroatoms. The molecule has 1 radical (unpaired) electrons. The number of benzene rings is 3. The molecule has 0 spiro atoms. The molecule has 24 heavy (non-hydrogen) atoms. The molecule has 3 rings (SSSR count). The second kappa shape index (κ2) is 6.86. The van der Waals surface area contributed by atoms with Crippen molar-refractivity contribution in [3.8, 4) is 16.9 Å². The van der Waals surface area contributed by atoms with Crippen molar-refractivity contribution in [2.75, 3.05) is 0 Å². The summed E-state index contributed by atoms with van der Waals surface area (Å²) in [6.07, 6.45) is 0. The first kappa shape index (κ1) is 16.2. The van der Waals surface area contributed by atoms with Crippen LogP contribution in [0.15, 0.2) is 77.7 Å². The lowest BCUT2D eigenvalue weighted by molar-refractivity contribution is 0.477. The lowest BCUT2D eigenvalue weighted by Gasteiger charge is -2.08. The predicted molar refractivity (Wildman–Crippen MR) is 92.8 cm³/mol. The first-order chi connectivity index (χ1) is 11.6. The first-order valence-corrected chi connectivity index (χ1v) is 8.88. The van der Waals surface area contributed by atoms with Gasteiger partial charge in [0.25, 0.3) is 0 Å². The minimum atomic E-state index is -3.52. The quantitative estimate of drug-likeness (QED) is 0.750. The third-order valence-electron chi connectivity index (χ3n) is 3.60. The number of aromatic hydroxyl groups is 1. The Balaban J connectivity index is 1.72. The second-order valence-electron chi connectivity index (χ2n) is 5.26. The van der Waals surface area contributed by atoms with Gasteiger partial charge in [-0.2, -0.15) is 0 Å². The highest BCUT2D eigenvalue weighted by Gasteiger charge is 2.12. The lowest BCUT2D eigenvalue weighted by atomic mass is 10.0. The van der Waals surface area contributed by atoms with Crippen LogP contribution in [0.4, 0.5) is 0 Å².